The minimum absolute atomic E-state index is 0.325. The molecule has 2 rings (SSSR count). The van der Waals surface area contributed by atoms with Crippen LogP contribution in [0.3, 0.4) is 0 Å². The topological polar surface area (TPSA) is 100 Å². The highest BCUT2D eigenvalue weighted by atomic mass is 16.4. The largest absolute Gasteiger partial charge is 0.488 e. The van der Waals surface area contributed by atoms with Gasteiger partial charge in [-0.25, -0.2) is 4.68 Å². The van der Waals surface area contributed by atoms with Crippen molar-refractivity contribution in [3.05, 3.63) is 42.5 Å². The van der Waals surface area contributed by atoms with Crippen molar-refractivity contribution < 1.29 is 14.8 Å². The van der Waals surface area contributed by atoms with Gasteiger partial charge in [0.15, 0.2) is 0 Å². The van der Waals surface area contributed by atoms with E-state index >= 15 is 0 Å². The van der Waals surface area contributed by atoms with Gasteiger partial charge in [0.25, 0.3) is 5.91 Å². The van der Waals surface area contributed by atoms with Crippen molar-refractivity contribution in [1.82, 2.24) is 14.9 Å². The van der Waals surface area contributed by atoms with Gasteiger partial charge in [0.1, 0.15) is 12.7 Å². The van der Waals surface area contributed by atoms with Crippen LogP contribution in [0.2, 0.25) is 0 Å². The predicted molar refractivity (Wildman–Crippen MR) is 60.0 cm³/mol. The molecule has 1 heterocycles. The summed E-state index contributed by atoms with van der Waals surface area (Å²) in [5.74, 6) is -0.344. The summed E-state index contributed by atoms with van der Waals surface area (Å²) in [4.78, 5) is 11.7. The number of hydrogen-bond acceptors (Lipinski definition) is 5. The zero-order chi connectivity index (χ0) is 12.3. The normalized spacial score (nSPS) is 10.0. The zero-order valence-corrected chi connectivity index (χ0v) is 8.69. The number of benzene rings is 1. The van der Waals surface area contributed by atoms with Crippen molar-refractivity contribution in [2.75, 3.05) is 5.43 Å². The molecule has 0 unspecified atom stereocenters. The number of rotatable bonds is 3. The summed E-state index contributed by atoms with van der Waals surface area (Å²) in [6.07, 6.45) is 2.70. The van der Waals surface area contributed by atoms with Crippen LogP contribution in [-0.4, -0.2) is 37.9 Å². The van der Waals surface area contributed by atoms with Crippen LogP contribution in [0.25, 0.3) is 0 Å². The summed E-state index contributed by atoms with van der Waals surface area (Å²) >= 11 is 0. The molecule has 0 aliphatic rings. The molecule has 17 heavy (non-hydrogen) atoms. The first-order chi connectivity index (χ1) is 8.16. The Bertz CT molecular complexity index is 497. The SMILES string of the molecule is O=C(Nn1cnnc1)c1ccc(B(O)O)cc1. The number of hydrogen-bond donors (Lipinski definition) is 3. The van der Waals surface area contributed by atoms with Crippen LogP contribution in [0.4, 0.5) is 0 Å². The molecule has 0 bridgehead atoms. The Hall–Kier alpha value is -2.19. The van der Waals surface area contributed by atoms with Crippen LogP contribution < -0.4 is 10.9 Å². The summed E-state index contributed by atoms with van der Waals surface area (Å²) < 4.78 is 1.32. The maximum absolute atomic E-state index is 11.7. The summed E-state index contributed by atoms with van der Waals surface area (Å²) in [6.45, 7) is 0. The number of carbonyl (C=O) groups excluding carboxylic acids is 1. The quantitative estimate of drug-likeness (QED) is 0.550. The molecule has 1 aromatic heterocycles. The minimum Gasteiger partial charge on any atom is -0.423 e. The van der Waals surface area contributed by atoms with E-state index in [1.165, 1.54) is 41.6 Å². The molecule has 2 aromatic rings. The van der Waals surface area contributed by atoms with Crippen LogP contribution in [0, 0.1) is 0 Å². The van der Waals surface area contributed by atoms with E-state index < -0.39 is 7.12 Å². The first kappa shape index (κ1) is 11.3. The number of aromatic nitrogens is 3. The van der Waals surface area contributed by atoms with Crippen LogP contribution in [0.15, 0.2) is 36.9 Å². The molecule has 86 valence electrons. The van der Waals surface area contributed by atoms with Crippen molar-refractivity contribution in [1.29, 1.82) is 0 Å². The van der Waals surface area contributed by atoms with Crippen molar-refractivity contribution >= 4 is 18.5 Å². The van der Waals surface area contributed by atoms with Gasteiger partial charge in [0.05, 0.1) is 0 Å². The standard InChI is InChI=1S/C9H9BN4O3/c15-9(13-14-5-11-12-6-14)7-1-3-8(4-2-7)10(16)17/h1-6,16-17H,(H,13,15). The summed E-state index contributed by atoms with van der Waals surface area (Å²) in [7, 11) is -1.54. The Morgan fingerprint density at radius 2 is 1.76 bits per heavy atom. The molecule has 1 aromatic carbocycles. The summed E-state index contributed by atoms with van der Waals surface area (Å²) in [6, 6.07) is 5.92. The van der Waals surface area contributed by atoms with E-state index in [0.717, 1.165) is 0 Å². The second-order valence-electron chi connectivity index (χ2n) is 3.31. The number of carbonyl (C=O) groups is 1. The average molecular weight is 232 g/mol. The molecule has 7 nitrogen and oxygen atoms in total. The van der Waals surface area contributed by atoms with E-state index in [4.69, 9.17) is 10.0 Å². The third-order valence-corrected chi connectivity index (χ3v) is 2.12. The highest BCUT2D eigenvalue weighted by Crippen LogP contribution is 1.98. The Kier molecular flexibility index (Phi) is 3.17. The molecule has 0 spiro atoms. The van der Waals surface area contributed by atoms with Gasteiger partial charge in [-0.05, 0) is 17.6 Å². The van der Waals surface area contributed by atoms with Gasteiger partial charge in [-0.3, -0.25) is 10.2 Å². The Morgan fingerprint density at radius 3 is 2.29 bits per heavy atom. The molecule has 0 aliphatic carbocycles. The molecule has 3 N–H and O–H groups in total. The number of nitrogens with zero attached hydrogens (tertiary/aromatic N) is 3. The molecule has 1 amide bonds. The maximum Gasteiger partial charge on any atom is 0.488 e. The molecule has 0 saturated carbocycles. The Labute approximate surface area is 96.8 Å². The second kappa shape index (κ2) is 4.77. The van der Waals surface area contributed by atoms with Crippen LogP contribution in [0.1, 0.15) is 10.4 Å². The van der Waals surface area contributed by atoms with Crippen molar-refractivity contribution in [2.45, 2.75) is 0 Å². The highest BCUT2D eigenvalue weighted by molar-refractivity contribution is 6.58. The molecular weight excluding hydrogens is 223 g/mol. The van der Waals surface area contributed by atoms with Gasteiger partial charge in [0.2, 0.25) is 0 Å². The van der Waals surface area contributed by atoms with E-state index in [1.54, 1.807) is 0 Å². The fraction of sp³-hybridized carbons (Fsp3) is 0. The fourth-order valence-corrected chi connectivity index (χ4v) is 1.25. The molecule has 0 atom stereocenters. The lowest BCUT2D eigenvalue weighted by Crippen LogP contribution is -2.30. The molecule has 0 fully saturated rings. The molecular formula is C9H9BN4O3. The monoisotopic (exact) mass is 232 g/mol. The van der Waals surface area contributed by atoms with Gasteiger partial charge in [-0.1, -0.05) is 12.1 Å². The predicted octanol–water partition coefficient (Wildman–Crippen LogP) is -1.66. The lowest BCUT2D eigenvalue weighted by Gasteiger charge is -2.05. The van der Waals surface area contributed by atoms with E-state index in [1.807, 2.05) is 0 Å². The average Bonchev–Trinajstić information content (AvgIpc) is 2.82. The first-order valence-corrected chi connectivity index (χ1v) is 4.79. The second-order valence-corrected chi connectivity index (χ2v) is 3.31. The van der Waals surface area contributed by atoms with Crippen molar-refractivity contribution in [2.24, 2.45) is 0 Å². The van der Waals surface area contributed by atoms with Gasteiger partial charge in [-0.2, -0.15) is 0 Å². The number of nitrogens with one attached hydrogen (secondary N) is 1. The zero-order valence-electron chi connectivity index (χ0n) is 8.69. The summed E-state index contributed by atoms with van der Waals surface area (Å²) in [5, 5.41) is 24.9. The third kappa shape index (κ3) is 2.68. The Balaban J connectivity index is 2.09. The van der Waals surface area contributed by atoms with E-state index in [-0.39, 0.29) is 5.91 Å². The molecule has 8 heteroatoms. The molecule has 0 saturated heterocycles. The van der Waals surface area contributed by atoms with E-state index in [9.17, 15) is 4.79 Å². The van der Waals surface area contributed by atoms with Crippen LogP contribution in [0.5, 0.6) is 0 Å². The van der Waals surface area contributed by atoms with Crippen molar-refractivity contribution in [3.63, 3.8) is 0 Å². The van der Waals surface area contributed by atoms with E-state index in [2.05, 4.69) is 15.6 Å². The van der Waals surface area contributed by atoms with E-state index in [0.29, 0.717) is 11.0 Å². The lowest BCUT2D eigenvalue weighted by molar-refractivity contribution is 0.101. The Morgan fingerprint density at radius 1 is 1.18 bits per heavy atom. The van der Waals surface area contributed by atoms with Gasteiger partial charge in [0, 0.05) is 5.56 Å². The fourth-order valence-electron chi connectivity index (χ4n) is 1.25. The lowest BCUT2D eigenvalue weighted by atomic mass is 9.80. The summed E-state index contributed by atoms with van der Waals surface area (Å²) in [5.41, 5.74) is 3.23. The maximum atomic E-state index is 11.7. The molecule has 0 aliphatic heterocycles. The smallest absolute Gasteiger partial charge is 0.423 e. The van der Waals surface area contributed by atoms with Gasteiger partial charge >= 0.3 is 7.12 Å². The molecule has 0 radical (unpaired) electrons. The van der Waals surface area contributed by atoms with Gasteiger partial charge in [-0.15, -0.1) is 10.2 Å². The highest BCUT2D eigenvalue weighted by Gasteiger charge is 2.12. The number of amides is 1. The van der Waals surface area contributed by atoms with Gasteiger partial charge < -0.3 is 10.0 Å². The van der Waals surface area contributed by atoms with Crippen molar-refractivity contribution in [3.8, 4) is 0 Å². The first-order valence-electron chi connectivity index (χ1n) is 4.79. The minimum atomic E-state index is -1.54. The third-order valence-electron chi connectivity index (χ3n) is 2.12. The van der Waals surface area contributed by atoms with Crippen LogP contribution >= 0.6 is 0 Å². The van der Waals surface area contributed by atoms with Crippen LogP contribution in [-0.2, 0) is 0 Å².